The summed E-state index contributed by atoms with van der Waals surface area (Å²) >= 11 is 0. The van der Waals surface area contributed by atoms with Gasteiger partial charge in [0, 0.05) is 13.0 Å². The van der Waals surface area contributed by atoms with Crippen LogP contribution in [0.4, 0.5) is 0 Å². The summed E-state index contributed by atoms with van der Waals surface area (Å²) in [5.74, 6) is 0.976. The Balaban J connectivity index is 2.06. The molecule has 0 radical (unpaired) electrons. The van der Waals surface area contributed by atoms with E-state index in [9.17, 15) is 4.79 Å². The number of carbonyl (C=O) groups is 1. The summed E-state index contributed by atoms with van der Waals surface area (Å²) in [6.45, 7) is 2.03. The molecule has 3 aliphatic rings. The number of allylic oxidation sites excluding steroid dienone is 5. The second kappa shape index (κ2) is 3.46. The summed E-state index contributed by atoms with van der Waals surface area (Å²) in [7, 11) is 0. The number of piperidine rings is 1. The predicted molar refractivity (Wildman–Crippen MR) is 59.4 cm³/mol. The van der Waals surface area contributed by atoms with E-state index in [2.05, 4.69) is 11.4 Å². The molecule has 1 aliphatic heterocycles. The van der Waals surface area contributed by atoms with Crippen molar-refractivity contribution < 1.29 is 4.79 Å². The van der Waals surface area contributed by atoms with Crippen molar-refractivity contribution in [3.05, 3.63) is 35.5 Å². The highest BCUT2D eigenvalue weighted by molar-refractivity contribution is 5.89. The molecule has 78 valence electrons. The van der Waals surface area contributed by atoms with E-state index >= 15 is 0 Å². The van der Waals surface area contributed by atoms with Crippen LogP contribution >= 0.6 is 0 Å². The first-order chi connectivity index (χ1) is 7.36. The molecule has 1 saturated heterocycles. The molecule has 0 aromatic rings. The van der Waals surface area contributed by atoms with Crippen LogP contribution in [0.2, 0.25) is 0 Å². The van der Waals surface area contributed by atoms with E-state index in [0.29, 0.717) is 11.7 Å². The first kappa shape index (κ1) is 9.10. The molecular formula is C13H15NO. The molecule has 2 heteroatoms. The molecule has 0 saturated carbocycles. The van der Waals surface area contributed by atoms with E-state index in [1.54, 1.807) is 0 Å². The number of fused-ring (bicyclic) bond motifs is 2. The largest absolute Gasteiger partial charge is 0.313 e. The molecule has 0 aromatic carbocycles. The topological polar surface area (TPSA) is 29.1 Å². The van der Waals surface area contributed by atoms with Crippen LogP contribution in [0.15, 0.2) is 35.5 Å². The van der Waals surface area contributed by atoms with Crippen molar-refractivity contribution in [2.45, 2.75) is 12.8 Å². The Morgan fingerprint density at radius 2 is 2.27 bits per heavy atom. The van der Waals surface area contributed by atoms with Crippen molar-refractivity contribution in [3.63, 3.8) is 0 Å². The minimum atomic E-state index is 0.0566. The molecule has 2 aliphatic carbocycles. The van der Waals surface area contributed by atoms with Gasteiger partial charge in [0.2, 0.25) is 0 Å². The fourth-order valence-corrected chi connectivity index (χ4v) is 2.88. The zero-order valence-corrected chi connectivity index (χ0v) is 8.70. The summed E-state index contributed by atoms with van der Waals surface area (Å²) in [4.78, 5) is 11.9. The van der Waals surface area contributed by atoms with Crippen molar-refractivity contribution in [1.82, 2.24) is 5.32 Å². The van der Waals surface area contributed by atoms with Crippen LogP contribution in [-0.4, -0.2) is 18.9 Å². The van der Waals surface area contributed by atoms with Crippen LogP contribution in [-0.2, 0) is 4.79 Å². The zero-order chi connectivity index (χ0) is 10.3. The molecular weight excluding hydrogens is 186 g/mol. The second-order valence-corrected chi connectivity index (χ2v) is 4.54. The highest BCUT2D eigenvalue weighted by Crippen LogP contribution is 2.37. The van der Waals surface area contributed by atoms with E-state index in [0.717, 1.165) is 25.9 Å². The van der Waals surface area contributed by atoms with Gasteiger partial charge in [-0.25, -0.2) is 0 Å². The molecule has 15 heavy (non-hydrogen) atoms. The maximum Gasteiger partial charge on any atom is 0.144 e. The molecule has 3 rings (SSSR count). The Hall–Kier alpha value is -1.15. The van der Waals surface area contributed by atoms with Gasteiger partial charge in [-0.1, -0.05) is 24.3 Å². The van der Waals surface area contributed by atoms with Gasteiger partial charge in [-0.15, -0.1) is 0 Å². The van der Waals surface area contributed by atoms with Gasteiger partial charge in [0.25, 0.3) is 0 Å². The monoisotopic (exact) mass is 201 g/mol. The second-order valence-electron chi connectivity index (χ2n) is 4.54. The Morgan fingerprint density at radius 1 is 1.33 bits per heavy atom. The summed E-state index contributed by atoms with van der Waals surface area (Å²) in [6.07, 6.45) is 10.1. The standard InChI is InChI=1S/C13H15NO/c15-13-7-9-5-6-14-8-12(9)10-3-1-2-4-11(10)13/h1-4,9,11,14H,5-8H2. The Morgan fingerprint density at radius 3 is 3.20 bits per heavy atom. The van der Waals surface area contributed by atoms with Gasteiger partial charge in [0.1, 0.15) is 5.78 Å². The summed E-state index contributed by atoms with van der Waals surface area (Å²) < 4.78 is 0. The van der Waals surface area contributed by atoms with Crippen LogP contribution < -0.4 is 5.32 Å². The Kier molecular flexibility index (Phi) is 2.10. The molecule has 1 fully saturated rings. The van der Waals surface area contributed by atoms with Crippen molar-refractivity contribution in [2.24, 2.45) is 11.8 Å². The van der Waals surface area contributed by atoms with Gasteiger partial charge in [0.15, 0.2) is 0 Å². The van der Waals surface area contributed by atoms with Crippen molar-refractivity contribution in [3.8, 4) is 0 Å². The molecule has 1 N–H and O–H groups in total. The first-order valence-corrected chi connectivity index (χ1v) is 5.67. The lowest BCUT2D eigenvalue weighted by molar-refractivity contribution is -0.121. The average molecular weight is 201 g/mol. The third kappa shape index (κ3) is 1.40. The third-order valence-electron chi connectivity index (χ3n) is 3.67. The molecule has 0 amide bonds. The molecule has 2 atom stereocenters. The first-order valence-electron chi connectivity index (χ1n) is 5.67. The fraction of sp³-hybridized carbons (Fsp3) is 0.462. The summed E-state index contributed by atoms with van der Waals surface area (Å²) in [5, 5.41) is 3.40. The summed E-state index contributed by atoms with van der Waals surface area (Å²) in [5.41, 5.74) is 2.75. The maximum absolute atomic E-state index is 11.9. The lowest BCUT2D eigenvalue weighted by Crippen LogP contribution is -2.37. The zero-order valence-electron chi connectivity index (χ0n) is 8.70. The fourth-order valence-electron chi connectivity index (χ4n) is 2.88. The van der Waals surface area contributed by atoms with E-state index in [1.807, 2.05) is 18.2 Å². The van der Waals surface area contributed by atoms with Crippen LogP contribution in [0.25, 0.3) is 0 Å². The molecule has 2 nitrogen and oxygen atoms in total. The van der Waals surface area contributed by atoms with Gasteiger partial charge >= 0.3 is 0 Å². The average Bonchev–Trinajstić information content (AvgIpc) is 2.30. The Labute approximate surface area is 89.7 Å². The minimum absolute atomic E-state index is 0.0566. The van der Waals surface area contributed by atoms with Crippen LogP contribution in [0.1, 0.15) is 12.8 Å². The number of carbonyl (C=O) groups excluding carboxylic acids is 1. The lowest BCUT2D eigenvalue weighted by atomic mass is 9.72. The quantitative estimate of drug-likeness (QED) is 0.645. The van der Waals surface area contributed by atoms with Gasteiger partial charge in [-0.2, -0.15) is 0 Å². The van der Waals surface area contributed by atoms with E-state index in [4.69, 9.17) is 0 Å². The maximum atomic E-state index is 11.9. The van der Waals surface area contributed by atoms with Crippen molar-refractivity contribution >= 4 is 5.78 Å². The summed E-state index contributed by atoms with van der Waals surface area (Å²) in [6, 6.07) is 0. The van der Waals surface area contributed by atoms with Gasteiger partial charge in [-0.3, -0.25) is 4.79 Å². The van der Waals surface area contributed by atoms with Crippen LogP contribution in [0, 0.1) is 11.8 Å². The van der Waals surface area contributed by atoms with Gasteiger partial charge < -0.3 is 5.32 Å². The van der Waals surface area contributed by atoms with Gasteiger partial charge in [-0.05, 0) is 30.0 Å². The van der Waals surface area contributed by atoms with Gasteiger partial charge in [0.05, 0.1) is 5.92 Å². The molecule has 2 unspecified atom stereocenters. The minimum Gasteiger partial charge on any atom is -0.313 e. The smallest absolute Gasteiger partial charge is 0.144 e. The van der Waals surface area contributed by atoms with E-state index < -0.39 is 0 Å². The number of ketones is 1. The highest BCUT2D eigenvalue weighted by atomic mass is 16.1. The lowest BCUT2D eigenvalue weighted by Gasteiger charge is -2.35. The van der Waals surface area contributed by atoms with E-state index in [-0.39, 0.29) is 5.92 Å². The molecule has 1 heterocycles. The number of Topliss-reactive ketones (excluding diaryl/α,β-unsaturated/α-hetero) is 1. The molecule has 0 bridgehead atoms. The molecule has 0 spiro atoms. The predicted octanol–water partition coefficient (Wildman–Crippen LogP) is 1.61. The van der Waals surface area contributed by atoms with Crippen molar-refractivity contribution in [1.29, 1.82) is 0 Å². The highest BCUT2D eigenvalue weighted by Gasteiger charge is 2.34. The van der Waals surface area contributed by atoms with E-state index in [1.165, 1.54) is 11.1 Å². The third-order valence-corrected chi connectivity index (χ3v) is 3.67. The molecule has 0 aromatic heterocycles. The SMILES string of the molecule is O=C1CC2CCNCC2=C2C=CC=CC12. The Bertz CT molecular complexity index is 389. The number of hydrogen-bond donors (Lipinski definition) is 1. The number of nitrogens with one attached hydrogen (secondary N) is 1. The number of hydrogen-bond acceptors (Lipinski definition) is 2. The van der Waals surface area contributed by atoms with Crippen molar-refractivity contribution in [2.75, 3.05) is 13.1 Å². The number of rotatable bonds is 0. The van der Waals surface area contributed by atoms with Crippen LogP contribution in [0.3, 0.4) is 0 Å². The normalized spacial score (nSPS) is 34.0. The van der Waals surface area contributed by atoms with Crippen LogP contribution in [0.5, 0.6) is 0 Å².